The normalized spacial score (nSPS) is 19.3. The van der Waals surface area contributed by atoms with Crippen LogP contribution in [0.5, 0.6) is 0 Å². The molecule has 1 aromatic heterocycles. The topological polar surface area (TPSA) is 84.3 Å². The van der Waals surface area contributed by atoms with E-state index in [2.05, 4.69) is 10.3 Å². The standard InChI is InChI=1S/C16H20N4O3S/c1-12(21)13-3-5-14(6-4-13)24(22,23)20-10-7-17-11-15(20)16-18-8-9-19(16)2/h3-6,8-9,15,17H,7,10-11H2,1-2H3. The fourth-order valence-corrected chi connectivity index (χ4v) is 4.47. The summed E-state index contributed by atoms with van der Waals surface area (Å²) in [4.78, 5) is 15.9. The molecular weight excluding hydrogens is 328 g/mol. The van der Waals surface area contributed by atoms with E-state index in [0.717, 1.165) is 0 Å². The smallest absolute Gasteiger partial charge is 0.243 e. The number of nitrogens with zero attached hydrogens (tertiary/aromatic N) is 3. The van der Waals surface area contributed by atoms with Crippen molar-refractivity contribution < 1.29 is 13.2 Å². The van der Waals surface area contributed by atoms with E-state index in [1.807, 2.05) is 11.6 Å². The lowest BCUT2D eigenvalue weighted by Gasteiger charge is -2.34. The van der Waals surface area contributed by atoms with Crippen molar-refractivity contribution in [1.82, 2.24) is 19.2 Å². The molecule has 24 heavy (non-hydrogen) atoms. The first kappa shape index (κ1) is 16.8. The summed E-state index contributed by atoms with van der Waals surface area (Å²) < 4.78 is 29.4. The Bertz CT molecular complexity index is 842. The molecule has 2 heterocycles. The lowest BCUT2D eigenvalue weighted by atomic mass is 10.2. The first-order valence-corrected chi connectivity index (χ1v) is 9.16. The van der Waals surface area contributed by atoms with Gasteiger partial charge >= 0.3 is 0 Å². The molecule has 1 atom stereocenters. The highest BCUT2D eigenvalue weighted by Crippen LogP contribution is 2.28. The van der Waals surface area contributed by atoms with E-state index in [0.29, 0.717) is 31.0 Å². The van der Waals surface area contributed by atoms with Gasteiger partial charge in [0, 0.05) is 44.6 Å². The molecule has 8 heteroatoms. The number of rotatable bonds is 4. The van der Waals surface area contributed by atoms with Gasteiger partial charge < -0.3 is 9.88 Å². The molecule has 0 aliphatic carbocycles. The first-order valence-electron chi connectivity index (χ1n) is 7.72. The van der Waals surface area contributed by atoms with Crippen molar-refractivity contribution in [2.75, 3.05) is 19.6 Å². The second kappa shape index (κ2) is 6.46. The number of hydrogen-bond acceptors (Lipinski definition) is 5. The molecule has 0 amide bonds. The third kappa shape index (κ3) is 3.00. The number of imidazole rings is 1. The van der Waals surface area contributed by atoms with Crippen LogP contribution in [0.25, 0.3) is 0 Å². The third-order valence-corrected chi connectivity index (χ3v) is 6.14. The molecule has 1 unspecified atom stereocenters. The number of sulfonamides is 1. The zero-order valence-corrected chi connectivity index (χ0v) is 14.5. The zero-order chi connectivity index (χ0) is 17.3. The number of carbonyl (C=O) groups is 1. The maximum atomic E-state index is 13.1. The molecule has 1 fully saturated rings. The first-order chi connectivity index (χ1) is 11.4. The number of piperazine rings is 1. The Morgan fingerprint density at radius 3 is 2.58 bits per heavy atom. The Morgan fingerprint density at radius 2 is 2.00 bits per heavy atom. The predicted octanol–water partition coefficient (Wildman–Crippen LogP) is 0.958. The number of hydrogen-bond donors (Lipinski definition) is 1. The number of ketones is 1. The Hall–Kier alpha value is -2.03. The highest BCUT2D eigenvalue weighted by molar-refractivity contribution is 7.89. The fourth-order valence-electron chi connectivity index (χ4n) is 2.89. The van der Waals surface area contributed by atoms with Gasteiger partial charge in [-0.1, -0.05) is 12.1 Å². The van der Waals surface area contributed by atoms with Crippen molar-refractivity contribution in [2.24, 2.45) is 7.05 Å². The average molecular weight is 348 g/mol. The number of Topliss-reactive ketones (excluding diaryl/α,β-unsaturated/α-hetero) is 1. The van der Waals surface area contributed by atoms with Crippen LogP contribution >= 0.6 is 0 Å². The minimum Gasteiger partial charge on any atom is -0.337 e. The van der Waals surface area contributed by atoms with Crippen LogP contribution in [0.15, 0.2) is 41.6 Å². The van der Waals surface area contributed by atoms with Crippen molar-refractivity contribution in [3.8, 4) is 0 Å². The number of carbonyl (C=O) groups excluding carboxylic acids is 1. The Morgan fingerprint density at radius 1 is 1.29 bits per heavy atom. The molecule has 0 spiro atoms. The minimum atomic E-state index is -3.67. The summed E-state index contributed by atoms with van der Waals surface area (Å²) in [6.45, 7) is 2.92. The molecule has 7 nitrogen and oxygen atoms in total. The monoisotopic (exact) mass is 348 g/mol. The summed E-state index contributed by atoms with van der Waals surface area (Å²) in [5.41, 5.74) is 0.495. The van der Waals surface area contributed by atoms with Crippen molar-refractivity contribution in [1.29, 1.82) is 0 Å². The lowest BCUT2D eigenvalue weighted by Crippen LogP contribution is -2.49. The van der Waals surface area contributed by atoms with Crippen molar-refractivity contribution in [3.05, 3.63) is 48.0 Å². The van der Waals surface area contributed by atoms with E-state index in [9.17, 15) is 13.2 Å². The van der Waals surface area contributed by atoms with E-state index >= 15 is 0 Å². The maximum Gasteiger partial charge on any atom is 0.243 e. The van der Waals surface area contributed by atoms with Crippen LogP contribution in [-0.2, 0) is 17.1 Å². The van der Waals surface area contributed by atoms with Gasteiger partial charge in [0.2, 0.25) is 10.0 Å². The molecule has 2 aromatic rings. The number of benzene rings is 1. The summed E-state index contributed by atoms with van der Waals surface area (Å²) in [6, 6.07) is 5.71. The summed E-state index contributed by atoms with van der Waals surface area (Å²) in [6.07, 6.45) is 3.47. The Balaban J connectivity index is 1.97. The number of aromatic nitrogens is 2. The molecule has 0 saturated carbocycles. The third-order valence-electron chi connectivity index (χ3n) is 4.22. The molecule has 1 N–H and O–H groups in total. The van der Waals surface area contributed by atoms with Crippen molar-refractivity contribution in [3.63, 3.8) is 0 Å². The lowest BCUT2D eigenvalue weighted by molar-refractivity contribution is 0.101. The van der Waals surface area contributed by atoms with Gasteiger partial charge in [-0.05, 0) is 19.1 Å². The van der Waals surface area contributed by atoms with Crippen molar-refractivity contribution >= 4 is 15.8 Å². The van der Waals surface area contributed by atoms with Crippen LogP contribution in [0.1, 0.15) is 29.1 Å². The molecule has 3 rings (SSSR count). The molecule has 0 radical (unpaired) electrons. The van der Waals surface area contributed by atoms with Gasteiger partial charge in [0.1, 0.15) is 5.82 Å². The number of nitrogens with one attached hydrogen (secondary N) is 1. The Kier molecular flexibility index (Phi) is 4.53. The van der Waals surface area contributed by atoms with E-state index < -0.39 is 10.0 Å². The van der Waals surface area contributed by atoms with E-state index in [4.69, 9.17) is 0 Å². The van der Waals surface area contributed by atoms with Gasteiger partial charge in [0.25, 0.3) is 0 Å². The van der Waals surface area contributed by atoms with E-state index in [1.54, 1.807) is 24.5 Å². The minimum absolute atomic E-state index is 0.0907. The van der Waals surface area contributed by atoms with Crippen LogP contribution < -0.4 is 5.32 Å². The predicted molar refractivity (Wildman–Crippen MR) is 89.2 cm³/mol. The molecule has 1 aliphatic rings. The highest BCUT2D eigenvalue weighted by atomic mass is 32.2. The molecular formula is C16H20N4O3S. The van der Waals surface area contributed by atoms with E-state index in [-0.39, 0.29) is 16.7 Å². The van der Waals surface area contributed by atoms with Crippen molar-refractivity contribution in [2.45, 2.75) is 17.9 Å². The highest BCUT2D eigenvalue weighted by Gasteiger charge is 2.36. The van der Waals surface area contributed by atoms with Crippen LogP contribution in [0, 0.1) is 0 Å². The summed E-state index contributed by atoms with van der Waals surface area (Å²) in [5.74, 6) is 0.609. The summed E-state index contributed by atoms with van der Waals surface area (Å²) >= 11 is 0. The Labute approximate surface area is 141 Å². The molecule has 1 aliphatic heterocycles. The van der Waals surface area contributed by atoms with E-state index in [1.165, 1.54) is 23.4 Å². The van der Waals surface area contributed by atoms with Gasteiger partial charge in [-0.25, -0.2) is 13.4 Å². The zero-order valence-electron chi connectivity index (χ0n) is 13.6. The van der Waals surface area contributed by atoms with Crippen LogP contribution in [0.4, 0.5) is 0 Å². The quantitative estimate of drug-likeness (QED) is 0.832. The summed E-state index contributed by atoms with van der Waals surface area (Å²) in [7, 11) is -1.82. The summed E-state index contributed by atoms with van der Waals surface area (Å²) in [5, 5.41) is 3.22. The van der Waals surface area contributed by atoms with Crippen LogP contribution in [0.2, 0.25) is 0 Å². The van der Waals surface area contributed by atoms with Gasteiger partial charge in [-0.3, -0.25) is 4.79 Å². The van der Waals surface area contributed by atoms with Crippen LogP contribution in [0.3, 0.4) is 0 Å². The SMILES string of the molecule is CC(=O)c1ccc(S(=O)(=O)N2CCNCC2c2nccn2C)cc1. The maximum absolute atomic E-state index is 13.1. The average Bonchev–Trinajstić information content (AvgIpc) is 3.01. The van der Waals surface area contributed by atoms with Gasteiger partial charge in [-0.2, -0.15) is 4.31 Å². The molecule has 128 valence electrons. The molecule has 1 saturated heterocycles. The van der Waals surface area contributed by atoms with Gasteiger partial charge in [0.05, 0.1) is 10.9 Å². The van der Waals surface area contributed by atoms with Crippen LogP contribution in [-0.4, -0.2) is 47.7 Å². The molecule has 0 bridgehead atoms. The second-order valence-electron chi connectivity index (χ2n) is 5.81. The fraction of sp³-hybridized carbons (Fsp3) is 0.375. The molecule has 1 aromatic carbocycles. The van der Waals surface area contributed by atoms with Gasteiger partial charge in [-0.15, -0.1) is 0 Å². The number of aryl methyl sites for hydroxylation is 1. The van der Waals surface area contributed by atoms with Gasteiger partial charge in [0.15, 0.2) is 5.78 Å². The second-order valence-corrected chi connectivity index (χ2v) is 7.70. The largest absolute Gasteiger partial charge is 0.337 e.